The molecule has 0 fully saturated rings. The summed E-state index contributed by atoms with van der Waals surface area (Å²) in [5, 5.41) is 0. The van der Waals surface area contributed by atoms with Crippen LogP contribution in [-0.4, -0.2) is 20.8 Å². The third-order valence-corrected chi connectivity index (χ3v) is 1.77. The number of hydrogen-bond acceptors (Lipinski definition) is 3. The second-order valence-corrected chi connectivity index (χ2v) is 4.60. The first-order valence-electron chi connectivity index (χ1n) is 4.30. The van der Waals surface area contributed by atoms with Gasteiger partial charge < -0.3 is 0 Å². The molecule has 0 heterocycles. The van der Waals surface area contributed by atoms with Crippen LogP contribution in [0.3, 0.4) is 0 Å². The topological polar surface area (TPSA) is 43.4 Å². The van der Waals surface area contributed by atoms with E-state index in [1.807, 2.05) is 36.4 Å². The van der Waals surface area contributed by atoms with Gasteiger partial charge in [0.05, 0.1) is 12.4 Å². The van der Waals surface area contributed by atoms with E-state index < -0.39 is 10.1 Å². The minimum atomic E-state index is -3.22. The Hall–Kier alpha value is -0.870. The largest absolute Gasteiger partial charge is 0.268 e. The molecule has 0 bridgehead atoms. The Bertz CT molecular complexity index is 290. The monoisotopic (exact) mass is 216 g/mol. The van der Waals surface area contributed by atoms with E-state index in [0.717, 1.165) is 6.26 Å². The van der Waals surface area contributed by atoms with E-state index in [-0.39, 0.29) is 6.10 Å². The Morgan fingerprint density at radius 2 is 1.21 bits per heavy atom. The SMILES string of the molecule is CC(C)OS(C)(=O)=O.c1ccccc1. The molecule has 4 heteroatoms. The molecule has 0 saturated carbocycles. The van der Waals surface area contributed by atoms with Crippen molar-refractivity contribution in [3.05, 3.63) is 36.4 Å². The molecule has 0 aliphatic carbocycles. The number of benzene rings is 1. The van der Waals surface area contributed by atoms with E-state index in [1.165, 1.54) is 0 Å². The molecule has 0 aliphatic rings. The van der Waals surface area contributed by atoms with Gasteiger partial charge >= 0.3 is 0 Å². The van der Waals surface area contributed by atoms with Crippen molar-refractivity contribution in [2.75, 3.05) is 6.26 Å². The molecule has 1 aromatic carbocycles. The van der Waals surface area contributed by atoms with E-state index in [9.17, 15) is 8.42 Å². The molecule has 0 saturated heterocycles. The van der Waals surface area contributed by atoms with Crippen molar-refractivity contribution >= 4 is 10.1 Å². The molecule has 0 atom stereocenters. The molecular formula is C10H16O3S. The molecule has 0 unspecified atom stereocenters. The van der Waals surface area contributed by atoms with Crippen LogP contribution in [0.4, 0.5) is 0 Å². The minimum absolute atomic E-state index is 0.245. The Kier molecular flexibility index (Phi) is 6.16. The van der Waals surface area contributed by atoms with E-state index in [4.69, 9.17) is 0 Å². The maximum absolute atomic E-state index is 10.2. The van der Waals surface area contributed by atoms with Crippen molar-refractivity contribution in [1.82, 2.24) is 0 Å². The maximum atomic E-state index is 10.2. The van der Waals surface area contributed by atoms with Crippen LogP contribution in [0.25, 0.3) is 0 Å². The minimum Gasteiger partial charge on any atom is -0.268 e. The molecule has 1 rings (SSSR count). The summed E-state index contributed by atoms with van der Waals surface area (Å²) in [6.45, 7) is 3.34. The smallest absolute Gasteiger partial charge is 0.264 e. The van der Waals surface area contributed by atoms with Gasteiger partial charge in [0, 0.05) is 0 Å². The molecule has 0 radical (unpaired) electrons. The summed E-state index contributed by atoms with van der Waals surface area (Å²) in [6, 6.07) is 12.0. The molecule has 80 valence electrons. The van der Waals surface area contributed by atoms with Crippen molar-refractivity contribution in [1.29, 1.82) is 0 Å². The molecule has 14 heavy (non-hydrogen) atoms. The first-order chi connectivity index (χ1) is 6.42. The zero-order valence-corrected chi connectivity index (χ0v) is 9.49. The van der Waals surface area contributed by atoms with Gasteiger partial charge in [-0.3, -0.25) is 4.18 Å². The van der Waals surface area contributed by atoms with E-state index in [1.54, 1.807) is 13.8 Å². The van der Waals surface area contributed by atoms with Gasteiger partial charge in [0.2, 0.25) is 0 Å². The second kappa shape index (κ2) is 6.56. The van der Waals surface area contributed by atoms with Gasteiger partial charge in [-0.1, -0.05) is 36.4 Å². The highest BCUT2D eigenvalue weighted by Gasteiger charge is 2.02. The molecule has 3 nitrogen and oxygen atoms in total. The standard InChI is InChI=1S/C6H6.C4H10O3S/c1-2-4-6-5-3-1;1-4(2)7-8(3,5)6/h1-6H;4H,1-3H3. The number of rotatable bonds is 2. The van der Waals surface area contributed by atoms with Crippen molar-refractivity contribution in [3.63, 3.8) is 0 Å². The van der Waals surface area contributed by atoms with Gasteiger partial charge in [-0.2, -0.15) is 8.42 Å². The zero-order chi connectivity index (χ0) is 11.0. The van der Waals surface area contributed by atoms with Gasteiger partial charge in [-0.15, -0.1) is 0 Å². The highest BCUT2D eigenvalue weighted by Crippen LogP contribution is 1.93. The molecule has 0 aliphatic heterocycles. The van der Waals surface area contributed by atoms with Crippen molar-refractivity contribution in [2.45, 2.75) is 20.0 Å². The fraction of sp³-hybridized carbons (Fsp3) is 0.400. The molecule has 0 N–H and O–H groups in total. The predicted octanol–water partition coefficient (Wildman–Crippen LogP) is 2.06. The quantitative estimate of drug-likeness (QED) is 0.711. The third-order valence-electron chi connectivity index (χ3n) is 1.03. The Morgan fingerprint density at radius 1 is 0.929 bits per heavy atom. The Labute approximate surface area is 85.8 Å². The Morgan fingerprint density at radius 3 is 1.29 bits per heavy atom. The lowest BCUT2D eigenvalue weighted by Crippen LogP contribution is -2.09. The molecule has 1 aromatic rings. The van der Waals surface area contributed by atoms with Gasteiger partial charge in [0.1, 0.15) is 0 Å². The van der Waals surface area contributed by atoms with Crippen LogP contribution >= 0.6 is 0 Å². The lowest BCUT2D eigenvalue weighted by Gasteiger charge is -2.01. The highest BCUT2D eigenvalue weighted by molar-refractivity contribution is 7.86. The fourth-order valence-corrected chi connectivity index (χ4v) is 1.43. The van der Waals surface area contributed by atoms with E-state index >= 15 is 0 Å². The molecule has 0 aromatic heterocycles. The number of hydrogen-bond donors (Lipinski definition) is 0. The van der Waals surface area contributed by atoms with E-state index in [2.05, 4.69) is 4.18 Å². The van der Waals surface area contributed by atoms with Gasteiger partial charge in [-0.05, 0) is 13.8 Å². The molecule has 0 spiro atoms. The van der Waals surface area contributed by atoms with Crippen molar-refractivity contribution < 1.29 is 12.6 Å². The normalized spacial score (nSPS) is 10.6. The van der Waals surface area contributed by atoms with Gasteiger partial charge in [-0.25, -0.2) is 0 Å². The van der Waals surface area contributed by atoms with Crippen LogP contribution in [0.5, 0.6) is 0 Å². The second-order valence-electron chi connectivity index (χ2n) is 3.00. The highest BCUT2D eigenvalue weighted by atomic mass is 32.2. The zero-order valence-electron chi connectivity index (χ0n) is 8.67. The molecule has 0 amide bonds. The summed E-state index contributed by atoms with van der Waals surface area (Å²) in [4.78, 5) is 0. The fourth-order valence-electron chi connectivity index (χ4n) is 0.734. The van der Waals surface area contributed by atoms with Gasteiger partial charge in [0.25, 0.3) is 10.1 Å². The van der Waals surface area contributed by atoms with Crippen molar-refractivity contribution in [3.8, 4) is 0 Å². The summed E-state index contributed by atoms with van der Waals surface area (Å²) >= 11 is 0. The van der Waals surface area contributed by atoms with E-state index in [0.29, 0.717) is 0 Å². The average molecular weight is 216 g/mol. The summed E-state index contributed by atoms with van der Waals surface area (Å²) in [6.07, 6.45) is 0.789. The first kappa shape index (κ1) is 13.1. The van der Waals surface area contributed by atoms with Gasteiger partial charge in [0.15, 0.2) is 0 Å². The lowest BCUT2D eigenvalue weighted by molar-refractivity contribution is 0.251. The maximum Gasteiger partial charge on any atom is 0.264 e. The summed E-state index contributed by atoms with van der Waals surface area (Å²) < 4.78 is 24.8. The Balaban J connectivity index is 0.000000249. The average Bonchev–Trinajstić information content (AvgIpc) is 2.03. The van der Waals surface area contributed by atoms with Crippen LogP contribution in [0.15, 0.2) is 36.4 Å². The van der Waals surface area contributed by atoms with Crippen LogP contribution < -0.4 is 0 Å². The molecular weight excluding hydrogens is 200 g/mol. The summed E-state index contributed by atoms with van der Waals surface area (Å²) in [5.74, 6) is 0. The van der Waals surface area contributed by atoms with Crippen molar-refractivity contribution in [2.24, 2.45) is 0 Å². The third kappa shape index (κ3) is 11.1. The summed E-state index contributed by atoms with van der Waals surface area (Å²) in [7, 11) is -3.22. The first-order valence-corrected chi connectivity index (χ1v) is 6.12. The van der Waals surface area contributed by atoms with Crippen LogP contribution in [0.1, 0.15) is 13.8 Å². The van der Waals surface area contributed by atoms with Crippen LogP contribution in [-0.2, 0) is 14.3 Å². The summed E-state index contributed by atoms with van der Waals surface area (Å²) in [5.41, 5.74) is 0. The van der Waals surface area contributed by atoms with Crippen LogP contribution in [0.2, 0.25) is 0 Å². The lowest BCUT2D eigenvalue weighted by atomic mass is 10.4. The predicted molar refractivity (Wildman–Crippen MR) is 57.5 cm³/mol. The van der Waals surface area contributed by atoms with Crippen LogP contribution in [0, 0.1) is 0 Å².